The van der Waals surface area contributed by atoms with Gasteiger partial charge in [0, 0.05) is 24.0 Å². The number of sulfonamides is 1. The minimum atomic E-state index is -3.81. The molecule has 0 fully saturated rings. The minimum Gasteiger partial charge on any atom is -0.350 e. The molecule has 158 valence electrons. The van der Waals surface area contributed by atoms with Gasteiger partial charge in [0.15, 0.2) is 0 Å². The van der Waals surface area contributed by atoms with Crippen molar-refractivity contribution in [2.45, 2.75) is 19.5 Å². The summed E-state index contributed by atoms with van der Waals surface area (Å²) >= 11 is 12.2. The van der Waals surface area contributed by atoms with Gasteiger partial charge in [-0.15, -0.1) is 0 Å². The van der Waals surface area contributed by atoms with Gasteiger partial charge in [-0.2, -0.15) is 0 Å². The fourth-order valence-electron chi connectivity index (χ4n) is 3.08. The summed E-state index contributed by atoms with van der Waals surface area (Å²) in [7, 11) is -3.81. The third-order valence-electron chi connectivity index (χ3n) is 4.46. The van der Waals surface area contributed by atoms with Crippen LogP contribution < -0.4 is 9.62 Å². The molecule has 0 aliphatic carbocycles. The van der Waals surface area contributed by atoms with E-state index in [-0.39, 0.29) is 17.3 Å². The van der Waals surface area contributed by atoms with E-state index < -0.39 is 22.0 Å². The average Bonchev–Trinajstić information content (AvgIpc) is 3.22. The summed E-state index contributed by atoms with van der Waals surface area (Å²) in [5, 5.41) is 3.29. The molecule has 1 N–H and O–H groups in total. The number of anilines is 1. The predicted molar refractivity (Wildman–Crippen MR) is 119 cm³/mol. The lowest BCUT2D eigenvalue weighted by Gasteiger charge is -2.29. The Kier molecular flexibility index (Phi) is 6.70. The molecule has 7 nitrogen and oxygen atoms in total. The first kappa shape index (κ1) is 22.1. The number of rotatable bonds is 7. The Bertz CT molecular complexity index is 1150. The van der Waals surface area contributed by atoms with Gasteiger partial charge < -0.3 is 9.88 Å². The lowest BCUT2D eigenvalue weighted by Crippen LogP contribution is -2.47. The maximum atomic E-state index is 12.9. The molecule has 0 radical (unpaired) electrons. The van der Waals surface area contributed by atoms with Gasteiger partial charge in [-0.05, 0) is 36.8 Å². The number of carbonyl (C=O) groups excluding carboxylic acids is 1. The topological polar surface area (TPSA) is 84.3 Å². The van der Waals surface area contributed by atoms with E-state index in [1.54, 1.807) is 24.8 Å². The predicted octanol–water partition coefficient (Wildman–Crippen LogP) is 3.65. The van der Waals surface area contributed by atoms with Crippen LogP contribution in [0.5, 0.6) is 0 Å². The number of halogens is 2. The smallest absolute Gasteiger partial charge is 0.243 e. The zero-order valence-electron chi connectivity index (χ0n) is 16.3. The molecule has 0 saturated carbocycles. The SMILES string of the molecule is CC(C(=O)NCc1ccccc1-n1ccnc1)N(c1cc(Cl)ccc1Cl)S(C)(=O)=O. The zero-order valence-corrected chi connectivity index (χ0v) is 18.6. The van der Waals surface area contributed by atoms with Crippen molar-refractivity contribution in [3.8, 4) is 5.69 Å². The van der Waals surface area contributed by atoms with Crippen LogP contribution in [0.2, 0.25) is 10.0 Å². The van der Waals surface area contributed by atoms with Crippen LogP contribution in [0.15, 0.2) is 61.2 Å². The molecule has 0 spiro atoms. The highest BCUT2D eigenvalue weighted by atomic mass is 35.5. The van der Waals surface area contributed by atoms with Gasteiger partial charge in [0.25, 0.3) is 0 Å². The third kappa shape index (κ3) is 4.95. The average molecular weight is 467 g/mol. The first-order valence-electron chi connectivity index (χ1n) is 8.97. The first-order chi connectivity index (χ1) is 14.2. The van der Waals surface area contributed by atoms with Gasteiger partial charge in [-0.25, -0.2) is 13.4 Å². The number of benzene rings is 2. The van der Waals surface area contributed by atoms with E-state index >= 15 is 0 Å². The van der Waals surface area contributed by atoms with E-state index in [1.165, 1.54) is 19.1 Å². The largest absolute Gasteiger partial charge is 0.350 e. The molecule has 1 atom stereocenters. The fourth-order valence-corrected chi connectivity index (χ4v) is 4.68. The van der Waals surface area contributed by atoms with E-state index in [9.17, 15) is 13.2 Å². The Morgan fingerprint density at radius 3 is 2.63 bits per heavy atom. The quantitative estimate of drug-likeness (QED) is 0.575. The van der Waals surface area contributed by atoms with Crippen LogP contribution in [0.1, 0.15) is 12.5 Å². The monoisotopic (exact) mass is 466 g/mol. The Labute approximate surface area is 185 Å². The summed E-state index contributed by atoms with van der Waals surface area (Å²) in [4.78, 5) is 16.9. The third-order valence-corrected chi connectivity index (χ3v) is 6.24. The normalized spacial score (nSPS) is 12.4. The van der Waals surface area contributed by atoms with Gasteiger partial charge in [0.2, 0.25) is 15.9 Å². The molecule has 0 saturated heterocycles. The lowest BCUT2D eigenvalue weighted by molar-refractivity contribution is -0.122. The van der Waals surface area contributed by atoms with E-state index in [0.29, 0.717) is 5.02 Å². The van der Waals surface area contributed by atoms with E-state index in [1.807, 2.05) is 28.8 Å². The highest BCUT2D eigenvalue weighted by Gasteiger charge is 2.30. The summed E-state index contributed by atoms with van der Waals surface area (Å²) in [5.41, 5.74) is 1.86. The molecule has 30 heavy (non-hydrogen) atoms. The van der Waals surface area contributed by atoms with Crippen molar-refractivity contribution in [3.63, 3.8) is 0 Å². The zero-order chi connectivity index (χ0) is 21.9. The van der Waals surface area contributed by atoms with E-state index in [2.05, 4.69) is 10.3 Å². The molecule has 3 aromatic rings. The molecule has 0 aliphatic rings. The second-order valence-corrected chi connectivity index (χ2v) is 9.35. The number of hydrogen-bond donors (Lipinski definition) is 1. The van der Waals surface area contributed by atoms with Crippen LogP contribution in [0.3, 0.4) is 0 Å². The van der Waals surface area contributed by atoms with Crippen molar-refractivity contribution in [2.24, 2.45) is 0 Å². The highest BCUT2D eigenvalue weighted by Crippen LogP contribution is 2.32. The molecule has 0 bridgehead atoms. The minimum absolute atomic E-state index is 0.146. The summed E-state index contributed by atoms with van der Waals surface area (Å²) in [5.74, 6) is -0.475. The molecule has 1 heterocycles. The first-order valence-corrected chi connectivity index (χ1v) is 11.6. The van der Waals surface area contributed by atoms with Crippen LogP contribution in [-0.2, 0) is 21.4 Å². The van der Waals surface area contributed by atoms with Crippen molar-refractivity contribution in [2.75, 3.05) is 10.6 Å². The molecule has 1 aromatic heterocycles. The van der Waals surface area contributed by atoms with Crippen LogP contribution in [0.25, 0.3) is 5.69 Å². The Hall–Kier alpha value is -2.55. The fraction of sp³-hybridized carbons (Fsp3) is 0.200. The van der Waals surface area contributed by atoms with Crippen molar-refractivity contribution < 1.29 is 13.2 Å². The van der Waals surface area contributed by atoms with Crippen LogP contribution in [-0.4, -0.2) is 36.2 Å². The van der Waals surface area contributed by atoms with Crippen LogP contribution >= 0.6 is 23.2 Å². The van der Waals surface area contributed by atoms with Crippen molar-refractivity contribution in [3.05, 3.63) is 76.8 Å². The Morgan fingerprint density at radius 1 is 1.23 bits per heavy atom. The summed E-state index contributed by atoms with van der Waals surface area (Å²) < 4.78 is 27.7. The van der Waals surface area contributed by atoms with Crippen LogP contribution in [0.4, 0.5) is 5.69 Å². The van der Waals surface area contributed by atoms with Crippen LogP contribution in [0, 0.1) is 0 Å². The second-order valence-electron chi connectivity index (χ2n) is 6.65. The summed E-state index contributed by atoms with van der Waals surface area (Å²) in [6.07, 6.45) is 6.14. The summed E-state index contributed by atoms with van der Waals surface area (Å²) in [6.45, 7) is 1.70. The molecular weight excluding hydrogens is 447 g/mol. The highest BCUT2D eigenvalue weighted by molar-refractivity contribution is 7.92. The van der Waals surface area contributed by atoms with Gasteiger partial charge in [0.05, 0.1) is 29.0 Å². The van der Waals surface area contributed by atoms with Crippen molar-refractivity contribution in [1.82, 2.24) is 14.9 Å². The number of hydrogen-bond acceptors (Lipinski definition) is 4. The molecule has 1 unspecified atom stereocenters. The Morgan fingerprint density at radius 2 is 1.97 bits per heavy atom. The Balaban J connectivity index is 1.83. The van der Waals surface area contributed by atoms with E-state index in [4.69, 9.17) is 23.2 Å². The molecule has 2 aromatic carbocycles. The molecule has 0 aliphatic heterocycles. The number of carbonyl (C=O) groups is 1. The number of nitrogens with one attached hydrogen (secondary N) is 1. The summed E-state index contributed by atoms with van der Waals surface area (Å²) in [6, 6.07) is 10.9. The van der Waals surface area contributed by atoms with Crippen molar-refractivity contribution in [1.29, 1.82) is 0 Å². The number of aromatic nitrogens is 2. The number of amides is 1. The van der Waals surface area contributed by atoms with E-state index in [0.717, 1.165) is 21.8 Å². The molecule has 3 rings (SSSR count). The standard InChI is InChI=1S/C20H20Cl2N4O3S/c1-14(26(30(2,28)29)19-11-16(21)7-8-17(19)22)20(27)24-12-15-5-3-4-6-18(15)25-10-9-23-13-25/h3-11,13-14H,12H2,1-2H3,(H,24,27). The lowest BCUT2D eigenvalue weighted by atomic mass is 10.1. The van der Waals surface area contributed by atoms with Gasteiger partial charge >= 0.3 is 0 Å². The maximum absolute atomic E-state index is 12.9. The van der Waals surface area contributed by atoms with Crippen molar-refractivity contribution >= 4 is 44.8 Å². The van der Waals surface area contributed by atoms with Gasteiger partial charge in [0.1, 0.15) is 6.04 Å². The molecule has 10 heteroatoms. The number of nitrogens with zero attached hydrogens (tertiary/aromatic N) is 3. The van der Waals surface area contributed by atoms with Gasteiger partial charge in [-0.1, -0.05) is 41.4 Å². The number of para-hydroxylation sites is 1. The number of imidazole rings is 1. The maximum Gasteiger partial charge on any atom is 0.243 e. The molecule has 1 amide bonds. The molecular formula is C20H20Cl2N4O3S. The van der Waals surface area contributed by atoms with Gasteiger partial charge in [-0.3, -0.25) is 9.10 Å². The second kappa shape index (κ2) is 9.07.